The fourth-order valence-electron chi connectivity index (χ4n) is 3.87. The maximum Gasteiger partial charge on any atom is 0.306 e. The van der Waals surface area contributed by atoms with Crippen LogP contribution < -0.4 is 0 Å². The van der Waals surface area contributed by atoms with E-state index in [0.717, 1.165) is 43.1 Å². The Hall–Kier alpha value is -1.64. The van der Waals surface area contributed by atoms with Crippen LogP contribution in [-0.4, -0.2) is 17.4 Å². The summed E-state index contributed by atoms with van der Waals surface area (Å²) < 4.78 is 0. The molecule has 0 saturated heterocycles. The molecule has 1 aromatic rings. The van der Waals surface area contributed by atoms with Gasteiger partial charge < -0.3 is 5.11 Å². The zero-order valence-electron chi connectivity index (χ0n) is 13.4. The number of aldehydes is 1. The standard InChI is InChI=1S/C19H26O3/c1-2-3-6-11-19(12-9-15(10-13-19)18(21)22)17-8-5-4-7-16(17)14-20/h4-5,7-8,14-15H,2-3,6,9-13H2,1H3,(H,21,22). The van der Waals surface area contributed by atoms with Crippen molar-refractivity contribution >= 4 is 12.3 Å². The summed E-state index contributed by atoms with van der Waals surface area (Å²) in [7, 11) is 0. The molecule has 1 aliphatic carbocycles. The Morgan fingerprint density at radius 3 is 2.55 bits per heavy atom. The van der Waals surface area contributed by atoms with E-state index in [0.29, 0.717) is 12.8 Å². The molecule has 1 aromatic carbocycles. The van der Waals surface area contributed by atoms with Crippen molar-refractivity contribution in [2.24, 2.45) is 5.92 Å². The van der Waals surface area contributed by atoms with Crippen LogP contribution in [0.4, 0.5) is 0 Å². The Morgan fingerprint density at radius 2 is 1.95 bits per heavy atom. The van der Waals surface area contributed by atoms with Crippen molar-refractivity contribution < 1.29 is 14.7 Å². The fourth-order valence-corrected chi connectivity index (χ4v) is 3.87. The van der Waals surface area contributed by atoms with Gasteiger partial charge in [-0.3, -0.25) is 9.59 Å². The number of hydrogen-bond acceptors (Lipinski definition) is 2. The van der Waals surface area contributed by atoms with Gasteiger partial charge in [0, 0.05) is 5.56 Å². The monoisotopic (exact) mass is 302 g/mol. The summed E-state index contributed by atoms with van der Waals surface area (Å²) in [4.78, 5) is 22.6. The smallest absolute Gasteiger partial charge is 0.306 e. The van der Waals surface area contributed by atoms with E-state index in [1.807, 2.05) is 18.2 Å². The summed E-state index contributed by atoms with van der Waals surface area (Å²) >= 11 is 0. The topological polar surface area (TPSA) is 54.4 Å². The lowest BCUT2D eigenvalue weighted by molar-refractivity contribution is -0.143. The molecule has 0 aliphatic heterocycles. The maximum absolute atomic E-state index is 11.4. The molecule has 0 radical (unpaired) electrons. The lowest BCUT2D eigenvalue weighted by atomic mass is 9.63. The Morgan fingerprint density at radius 1 is 1.27 bits per heavy atom. The van der Waals surface area contributed by atoms with E-state index in [1.54, 1.807) is 0 Å². The van der Waals surface area contributed by atoms with Crippen molar-refractivity contribution in [3.05, 3.63) is 35.4 Å². The van der Waals surface area contributed by atoms with Crippen LogP contribution >= 0.6 is 0 Å². The van der Waals surface area contributed by atoms with Crippen LogP contribution in [0.2, 0.25) is 0 Å². The second-order valence-electron chi connectivity index (χ2n) is 6.56. The van der Waals surface area contributed by atoms with Crippen LogP contribution in [-0.2, 0) is 10.2 Å². The van der Waals surface area contributed by atoms with Gasteiger partial charge in [-0.1, -0.05) is 50.5 Å². The first-order valence-electron chi connectivity index (χ1n) is 8.40. The first-order chi connectivity index (χ1) is 10.6. The highest BCUT2D eigenvalue weighted by molar-refractivity contribution is 5.78. The van der Waals surface area contributed by atoms with E-state index in [4.69, 9.17) is 0 Å². The molecule has 1 aliphatic rings. The van der Waals surface area contributed by atoms with Gasteiger partial charge >= 0.3 is 5.97 Å². The van der Waals surface area contributed by atoms with Crippen molar-refractivity contribution in [2.75, 3.05) is 0 Å². The summed E-state index contributed by atoms with van der Waals surface area (Å²) in [5.74, 6) is -0.895. The molecule has 0 spiro atoms. The third kappa shape index (κ3) is 3.57. The van der Waals surface area contributed by atoms with Gasteiger partial charge in [-0.25, -0.2) is 0 Å². The lowest BCUT2D eigenvalue weighted by Crippen LogP contribution is -2.35. The molecule has 0 bridgehead atoms. The van der Waals surface area contributed by atoms with E-state index in [1.165, 1.54) is 12.8 Å². The van der Waals surface area contributed by atoms with E-state index < -0.39 is 5.97 Å². The second kappa shape index (κ2) is 7.57. The summed E-state index contributed by atoms with van der Waals surface area (Å²) in [5.41, 5.74) is 1.89. The number of carbonyl (C=O) groups is 2. The molecule has 1 fully saturated rings. The molecule has 0 aromatic heterocycles. The molecular formula is C19H26O3. The van der Waals surface area contributed by atoms with Gasteiger partial charge in [-0.2, -0.15) is 0 Å². The number of carbonyl (C=O) groups excluding carboxylic acids is 1. The Labute approximate surface area is 132 Å². The Balaban J connectivity index is 2.26. The van der Waals surface area contributed by atoms with E-state index >= 15 is 0 Å². The van der Waals surface area contributed by atoms with E-state index in [9.17, 15) is 14.7 Å². The second-order valence-corrected chi connectivity index (χ2v) is 6.56. The quantitative estimate of drug-likeness (QED) is 0.592. The molecule has 22 heavy (non-hydrogen) atoms. The maximum atomic E-state index is 11.4. The van der Waals surface area contributed by atoms with E-state index in [2.05, 4.69) is 13.0 Å². The number of rotatable bonds is 7. The third-order valence-corrected chi connectivity index (χ3v) is 5.21. The molecule has 3 nitrogen and oxygen atoms in total. The summed E-state index contributed by atoms with van der Waals surface area (Å²) in [6.45, 7) is 2.19. The van der Waals surface area contributed by atoms with Gasteiger partial charge in [-0.05, 0) is 43.1 Å². The average molecular weight is 302 g/mol. The van der Waals surface area contributed by atoms with Crippen molar-refractivity contribution in [1.29, 1.82) is 0 Å². The zero-order chi connectivity index (χ0) is 16.0. The number of hydrogen-bond donors (Lipinski definition) is 1. The highest BCUT2D eigenvalue weighted by atomic mass is 16.4. The van der Waals surface area contributed by atoms with Gasteiger partial charge in [0.25, 0.3) is 0 Å². The van der Waals surface area contributed by atoms with Crippen molar-refractivity contribution in [2.45, 2.75) is 63.7 Å². The first-order valence-corrected chi connectivity index (χ1v) is 8.40. The SMILES string of the molecule is CCCCCC1(c2ccccc2C=O)CCC(C(=O)O)CC1. The molecule has 0 atom stereocenters. The van der Waals surface area contributed by atoms with Crippen molar-refractivity contribution in [3.8, 4) is 0 Å². The number of carboxylic acid groups (broad SMARTS) is 1. The molecule has 120 valence electrons. The minimum atomic E-state index is -0.675. The molecule has 0 amide bonds. The minimum Gasteiger partial charge on any atom is -0.481 e. The van der Waals surface area contributed by atoms with Gasteiger partial charge in [0.15, 0.2) is 0 Å². The molecular weight excluding hydrogens is 276 g/mol. The predicted octanol–water partition coefficient (Wildman–Crippen LogP) is 4.59. The van der Waals surface area contributed by atoms with Crippen LogP contribution in [0.3, 0.4) is 0 Å². The largest absolute Gasteiger partial charge is 0.481 e. The van der Waals surface area contributed by atoms with Crippen LogP contribution in [0.15, 0.2) is 24.3 Å². The fraction of sp³-hybridized carbons (Fsp3) is 0.579. The Bertz CT molecular complexity index is 513. The molecule has 0 unspecified atom stereocenters. The summed E-state index contributed by atoms with van der Waals surface area (Å²) in [5, 5.41) is 9.24. The zero-order valence-corrected chi connectivity index (χ0v) is 13.4. The third-order valence-electron chi connectivity index (χ3n) is 5.21. The average Bonchev–Trinajstić information content (AvgIpc) is 2.55. The van der Waals surface area contributed by atoms with Crippen molar-refractivity contribution in [3.63, 3.8) is 0 Å². The van der Waals surface area contributed by atoms with Crippen LogP contribution in [0.5, 0.6) is 0 Å². The molecule has 1 N–H and O–H groups in total. The van der Waals surface area contributed by atoms with Crippen molar-refractivity contribution in [1.82, 2.24) is 0 Å². The number of aliphatic carboxylic acids is 1. The molecule has 3 heteroatoms. The highest BCUT2D eigenvalue weighted by Crippen LogP contribution is 2.46. The Kier molecular flexibility index (Phi) is 5.76. The molecule has 2 rings (SSSR count). The van der Waals surface area contributed by atoms with Gasteiger partial charge in [0.2, 0.25) is 0 Å². The summed E-state index contributed by atoms with van der Waals surface area (Å²) in [6.07, 6.45) is 8.68. The van der Waals surface area contributed by atoms with Crippen LogP contribution in [0.25, 0.3) is 0 Å². The van der Waals surface area contributed by atoms with Gasteiger partial charge in [-0.15, -0.1) is 0 Å². The normalized spacial score (nSPS) is 24.9. The lowest BCUT2D eigenvalue weighted by Gasteiger charge is -2.40. The van der Waals surface area contributed by atoms with Gasteiger partial charge in [0.05, 0.1) is 5.92 Å². The number of unbranched alkanes of at least 4 members (excludes halogenated alkanes) is 2. The predicted molar refractivity (Wildman–Crippen MR) is 87.2 cm³/mol. The minimum absolute atomic E-state index is 0.0153. The number of benzene rings is 1. The van der Waals surface area contributed by atoms with E-state index in [-0.39, 0.29) is 11.3 Å². The molecule has 1 saturated carbocycles. The first kappa shape index (κ1) is 16.7. The van der Waals surface area contributed by atoms with Crippen LogP contribution in [0.1, 0.15) is 74.2 Å². The highest BCUT2D eigenvalue weighted by Gasteiger charge is 2.39. The number of carboxylic acids is 1. The van der Waals surface area contributed by atoms with Gasteiger partial charge in [0.1, 0.15) is 6.29 Å². The summed E-state index contributed by atoms with van der Waals surface area (Å²) in [6, 6.07) is 7.84. The van der Waals surface area contributed by atoms with Crippen LogP contribution in [0, 0.1) is 5.92 Å². The molecule has 0 heterocycles.